The number of para-hydroxylation sites is 2. The van der Waals surface area contributed by atoms with Crippen LogP contribution in [-0.2, 0) is 10.0 Å². The van der Waals surface area contributed by atoms with Crippen LogP contribution in [0.3, 0.4) is 0 Å². The molecule has 0 aliphatic rings. The molecule has 2 aromatic carbocycles. The summed E-state index contributed by atoms with van der Waals surface area (Å²) in [6, 6.07) is 8.93. The zero-order valence-corrected chi connectivity index (χ0v) is 17.4. The summed E-state index contributed by atoms with van der Waals surface area (Å²) in [4.78, 5) is 15.4. The fourth-order valence-corrected chi connectivity index (χ4v) is 4.72. The van der Waals surface area contributed by atoms with Gasteiger partial charge in [0.05, 0.1) is 21.5 Å². The molecule has 160 valence electrons. The van der Waals surface area contributed by atoms with Crippen molar-refractivity contribution in [2.75, 3.05) is 6.54 Å². The molecule has 3 aromatic rings. The SMILES string of the molecule is Cc1cc(C(=O)O)cc(S(=O)(=O)NC[C@H](C)c2nc3ccccc3n2C(F)F)c1C. The summed E-state index contributed by atoms with van der Waals surface area (Å²) >= 11 is 0. The van der Waals surface area contributed by atoms with Crippen LogP contribution in [-0.4, -0.2) is 35.6 Å². The van der Waals surface area contributed by atoms with Gasteiger partial charge in [0, 0.05) is 12.5 Å². The van der Waals surface area contributed by atoms with Gasteiger partial charge in [0.15, 0.2) is 0 Å². The summed E-state index contributed by atoms with van der Waals surface area (Å²) in [6.45, 7) is 1.77. The Bertz CT molecular complexity index is 1220. The van der Waals surface area contributed by atoms with E-state index in [2.05, 4.69) is 9.71 Å². The van der Waals surface area contributed by atoms with Crippen molar-refractivity contribution in [3.63, 3.8) is 0 Å². The standard InChI is InChI=1S/C20H21F2N3O4S/c1-11-8-14(19(26)27)9-17(13(11)3)30(28,29)23-10-12(2)18-24-15-6-4-5-7-16(15)25(18)20(21)22/h4-9,12,20,23H,10H2,1-3H3,(H,26,27)/t12-/m0/s1. The van der Waals surface area contributed by atoms with Gasteiger partial charge < -0.3 is 5.11 Å². The van der Waals surface area contributed by atoms with Gasteiger partial charge in [-0.05, 0) is 49.2 Å². The first-order valence-electron chi connectivity index (χ1n) is 9.12. The monoisotopic (exact) mass is 437 g/mol. The third-order valence-corrected chi connectivity index (χ3v) is 6.54. The molecule has 0 bridgehead atoms. The van der Waals surface area contributed by atoms with E-state index in [1.807, 2.05) is 0 Å². The van der Waals surface area contributed by atoms with Crippen LogP contribution >= 0.6 is 0 Å². The Morgan fingerprint density at radius 3 is 2.53 bits per heavy atom. The van der Waals surface area contributed by atoms with Gasteiger partial charge in [0.2, 0.25) is 10.0 Å². The van der Waals surface area contributed by atoms with Gasteiger partial charge in [-0.2, -0.15) is 8.78 Å². The molecule has 2 N–H and O–H groups in total. The highest BCUT2D eigenvalue weighted by atomic mass is 32.2. The number of hydrogen-bond acceptors (Lipinski definition) is 4. The second-order valence-corrected chi connectivity index (χ2v) is 8.82. The molecular formula is C20H21F2N3O4S. The number of aromatic carboxylic acids is 1. The third-order valence-electron chi connectivity index (χ3n) is 4.99. The molecule has 0 aliphatic carbocycles. The number of hydrogen-bond donors (Lipinski definition) is 2. The van der Waals surface area contributed by atoms with Crippen LogP contribution < -0.4 is 4.72 Å². The summed E-state index contributed by atoms with van der Waals surface area (Å²) in [5.74, 6) is -1.85. The van der Waals surface area contributed by atoms with Gasteiger partial charge >= 0.3 is 12.5 Å². The summed E-state index contributed by atoms with van der Waals surface area (Å²) in [5, 5.41) is 9.21. The molecule has 0 saturated heterocycles. The van der Waals surface area contributed by atoms with E-state index < -0.39 is 28.5 Å². The number of aromatic nitrogens is 2. The molecule has 10 heteroatoms. The average molecular weight is 437 g/mol. The van der Waals surface area contributed by atoms with Crippen LogP contribution in [0.2, 0.25) is 0 Å². The number of carbonyl (C=O) groups is 1. The summed E-state index contributed by atoms with van der Waals surface area (Å²) in [6.07, 6.45) is 0. The van der Waals surface area contributed by atoms with E-state index in [0.717, 1.165) is 10.6 Å². The van der Waals surface area contributed by atoms with Crippen LogP contribution in [0.1, 0.15) is 46.7 Å². The van der Waals surface area contributed by atoms with Crippen molar-refractivity contribution < 1.29 is 27.1 Å². The summed E-state index contributed by atoms with van der Waals surface area (Å²) in [7, 11) is -4.07. The predicted octanol–water partition coefficient (Wildman–Crippen LogP) is 3.83. The number of alkyl halides is 2. The van der Waals surface area contributed by atoms with E-state index >= 15 is 0 Å². The van der Waals surface area contributed by atoms with Crippen LogP contribution in [0.4, 0.5) is 8.78 Å². The average Bonchev–Trinajstić information content (AvgIpc) is 3.07. The normalized spacial score (nSPS) is 13.1. The first kappa shape index (κ1) is 21.8. The minimum absolute atomic E-state index is 0.0566. The van der Waals surface area contributed by atoms with Crippen molar-refractivity contribution in [1.82, 2.24) is 14.3 Å². The number of nitrogens with one attached hydrogen (secondary N) is 1. The molecule has 0 amide bonds. The number of fused-ring (bicyclic) bond motifs is 1. The van der Waals surface area contributed by atoms with Crippen molar-refractivity contribution in [2.24, 2.45) is 0 Å². The highest BCUT2D eigenvalue weighted by molar-refractivity contribution is 7.89. The van der Waals surface area contributed by atoms with Gasteiger partial charge in [-0.1, -0.05) is 19.1 Å². The molecule has 1 aromatic heterocycles. The number of aryl methyl sites for hydroxylation is 1. The number of nitrogens with zero attached hydrogens (tertiary/aromatic N) is 2. The fraction of sp³-hybridized carbons (Fsp3) is 0.300. The molecule has 1 atom stereocenters. The van der Waals surface area contributed by atoms with E-state index in [9.17, 15) is 27.1 Å². The maximum atomic E-state index is 13.6. The highest BCUT2D eigenvalue weighted by Crippen LogP contribution is 2.28. The molecular weight excluding hydrogens is 416 g/mol. The van der Waals surface area contributed by atoms with Crippen LogP contribution in [0.25, 0.3) is 11.0 Å². The zero-order valence-electron chi connectivity index (χ0n) is 16.6. The van der Waals surface area contributed by atoms with Crippen molar-refractivity contribution in [3.05, 3.63) is 58.9 Å². The summed E-state index contributed by atoms with van der Waals surface area (Å²) in [5.41, 5.74) is 1.44. The molecule has 30 heavy (non-hydrogen) atoms. The minimum Gasteiger partial charge on any atom is -0.478 e. The largest absolute Gasteiger partial charge is 0.478 e. The fourth-order valence-electron chi connectivity index (χ4n) is 3.25. The van der Waals surface area contributed by atoms with Crippen LogP contribution in [0, 0.1) is 13.8 Å². The van der Waals surface area contributed by atoms with Crippen LogP contribution in [0.15, 0.2) is 41.3 Å². The molecule has 0 radical (unpaired) electrons. The Labute approximate surface area is 172 Å². The molecule has 0 saturated carbocycles. The van der Waals surface area contributed by atoms with E-state index in [-0.39, 0.29) is 28.3 Å². The van der Waals surface area contributed by atoms with E-state index in [0.29, 0.717) is 16.6 Å². The summed E-state index contributed by atoms with van der Waals surface area (Å²) < 4.78 is 56.1. The van der Waals surface area contributed by atoms with Crippen molar-refractivity contribution in [1.29, 1.82) is 0 Å². The Balaban J connectivity index is 1.91. The van der Waals surface area contributed by atoms with Crippen LogP contribution in [0.5, 0.6) is 0 Å². The van der Waals surface area contributed by atoms with Crippen molar-refractivity contribution in [2.45, 2.75) is 38.1 Å². The first-order valence-corrected chi connectivity index (χ1v) is 10.6. The lowest BCUT2D eigenvalue weighted by Crippen LogP contribution is -2.29. The smallest absolute Gasteiger partial charge is 0.335 e. The Morgan fingerprint density at radius 2 is 1.90 bits per heavy atom. The lowest BCUT2D eigenvalue weighted by Gasteiger charge is -2.16. The lowest BCUT2D eigenvalue weighted by atomic mass is 10.1. The molecule has 0 unspecified atom stereocenters. The molecule has 7 nitrogen and oxygen atoms in total. The lowest BCUT2D eigenvalue weighted by molar-refractivity contribution is 0.0692. The van der Waals surface area contributed by atoms with Gasteiger partial charge in [-0.3, -0.25) is 4.57 Å². The number of halogens is 2. The Kier molecular flexibility index (Phi) is 5.91. The molecule has 3 rings (SSSR count). The van der Waals surface area contributed by atoms with Gasteiger partial charge in [-0.15, -0.1) is 0 Å². The predicted molar refractivity (Wildman–Crippen MR) is 107 cm³/mol. The maximum Gasteiger partial charge on any atom is 0.335 e. The number of carboxylic acid groups (broad SMARTS) is 1. The number of sulfonamides is 1. The number of imidazole rings is 1. The number of benzene rings is 2. The van der Waals surface area contributed by atoms with Crippen molar-refractivity contribution in [3.8, 4) is 0 Å². The van der Waals surface area contributed by atoms with Gasteiger partial charge in [-0.25, -0.2) is 22.9 Å². The second kappa shape index (κ2) is 8.11. The van der Waals surface area contributed by atoms with Gasteiger partial charge in [0.25, 0.3) is 0 Å². The van der Waals surface area contributed by atoms with E-state index in [4.69, 9.17) is 0 Å². The topological polar surface area (TPSA) is 101 Å². The molecule has 0 spiro atoms. The quantitative estimate of drug-likeness (QED) is 0.585. The molecule has 1 heterocycles. The zero-order chi connectivity index (χ0) is 22.2. The third kappa shape index (κ3) is 4.05. The van der Waals surface area contributed by atoms with E-state index in [1.165, 1.54) is 12.1 Å². The Hall–Kier alpha value is -2.85. The number of rotatable bonds is 7. The van der Waals surface area contributed by atoms with E-state index in [1.54, 1.807) is 39.0 Å². The molecule has 0 fully saturated rings. The van der Waals surface area contributed by atoms with Crippen molar-refractivity contribution >= 4 is 27.0 Å². The Morgan fingerprint density at radius 1 is 1.23 bits per heavy atom. The van der Waals surface area contributed by atoms with Gasteiger partial charge in [0.1, 0.15) is 5.82 Å². The maximum absolute atomic E-state index is 13.6. The second-order valence-electron chi connectivity index (χ2n) is 7.08. The number of carboxylic acids is 1. The minimum atomic E-state index is -4.07. The highest BCUT2D eigenvalue weighted by Gasteiger charge is 2.25. The molecule has 0 aliphatic heterocycles. The first-order chi connectivity index (χ1) is 14.0.